The van der Waals surface area contributed by atoms with Crippen molar-refractivity contribution in [1.29, 1.82) is 0 Å². The summed E-state index contributed by atoms with van der Waals surface area (Å²) in [6.45, 7) is 1.68. The Bertz CT molecular complexity index is 767. The molecule has 0 saturated carbocycles. The molecule has 0 aliphatic carbocycles. The maximum atomic E-state index is 12.4. The maximum absolute atomic E-state index is 12.4. The fraction of sp³-hybridized carbons (Fsp3) is 0.333. The molecule has 1 aliphatic rings. The summed E-state index contributed by atoms with van der Waals surface area (Å²) in [6.07, 6.45) is 1.55. The fourth-order valence-corrected chi connectivity index (χ4v) is 4.28. The van der Waals surface area contributed by atoms with Crippen molar-refractivity contribution in [3.63, 3.8) is 0 Å². The lowest BCUT2D eigenvalue weighted by atomic mass is 10.2. The first-order valence-electron chi connectivity index (χ1n) is 8.06. The normalized spacial score (nSPS) is 19.4. The van der Waals surface area contributed by atoms with Crippen LogP contribution in [0.4, 0.5) is 0 Å². The molecule has 1 saturated heterocycles. The molecule has 1 amide bonds. The molecule has 2 heterocycles. The highest BCUT2D eigenvalue weighted by molar-refractivity contribution is 7.99. The molecule has 0 N–H and O–H groups in total. The minimum Gasteiger partial charge on any atom is -0.488 e. The standard InChI is InChI=1S/C18H18ClNO5S/c1-12(21)20-14(11-26-17(20)16-7-4-8-23-16)18(22)25-10-9-24-15-6-3-2-5-13(15)19/h2-8,14,17H,9-11H2,1H3/t14-,17-/m1/s1. The van der Waals surface area contributed by atoms with E-state index in [0.29, 0.717) is 22.3 Å². The number of carbonyl (C=O) groups is 2. The van der Waals surface area contributed by atoms with Crippen molar-refractivity contribution in [3.05, 3.63) is 53.4 Å². The largest absolute Gasteiger partial charge is 0.488 e. The van der Waals surface area contributed by atoms with Crippen molar-refractivity contribution in [3.8, 4) is 5.75 Å². The Balaban J connectivity index is 1.54. The highest BCUT2D eigenvalue weighted by Crippen LogP contribution is 2.41. The van der Waals surface area contributed by atoms with Gasteiger partial charge in [0.1, 0.15) is 36.1 Å². The van der Waals surface area contributed by atoms with Crippen molar-refractivity contribution >= 4 is 35.2 Å². The van der Waals surface area contributed by atoms with Gasteiger partial charge in [0.05, 0.1) is 11.3 Å². The smallest absolute Gasteiger partial charge is 0.329 e. The van der Waals surface area contributed by atoms with Crippen LogP contribution in [-0.4, -0.2) is 41.8 Å². The molecule has 8 heteroatoms. The number of hydrogen-bond acceptors (Lipinski definition) is 6. The van der Waals surface area contributed by atoms with Crippen LogP contribution in [0.5, 0.6) is 5.75 Å². The average molecular weight is 396 g/mol. The van der Waals surface area contributed by atoms with Crippen LogP contribution in [0.2, 0.25) is 5.02 Å². The Hall–Kier alpha value is -2.12. The zero-order chi connectivity index (χ0) is 18.5. The third-order valence-electron chi connectivity index (χ3n) is 3.84. The molecule has 2 aromatic rings. The lowest BCUT2D eigenvalue weighted by Crippen LogP contribution is -2.43. The van der Waals surface area contributed by atoms with Gasteiger partial charge in [-0.25, -0.2) is 4.79 Å². The van der Waals surface area contributed by atoms with E-state index >= 15 is 0 Å². The number of para-hydroxylation sites is 1. The van der Waals surface area contributed by atoms with Gasteiger partial charge in [0.2, 0.25) is 5.91 Å². The van der Waals surface area contributed by atoms with Gasteiger partial charge in [-0.1, -0.05) is 23.7 Å². The van der Waals surface area contributed by atoms with Crippen LogP contribution in [0.3, 0.4) is 0 Å². The van der Waals surface area contributed by atoms with E-state index in [-0.39, 0.29) is 24.5 Å². The number of benzene rings is 1. The monoisotopic (exact) mass is 395 g/mol. The van der Waals surface area contributed by atoms with Gasteiger partial charge < -0.3 is 18.8 Å². The second kappa shape index (κ2) is 8.51. The average Bonchev–Trinajstić information content (AvgIpc) is 3.28. The van der Waals surface area contributed by atoms with Gasteiger partial charge in [0, 0.05) is 12.7 Å². The van der Waals surface area contributed by atoms with Crippen molar-refractivity contribution < 1.29 is 23.5 Å². The highest BCUT2D eigenvalue weighted by Gasteiger charge is 2.43. The molecule has 1 fully saturated rings. The maximum Gasteiger partial charge on any atom is 0.329 e. The molecule has 138 valence electrons. The van der Waals surface area contributed by atoms with Crippen LogP contribution in [-0.2, 0) is 14.3 Å². The quantitative estimate of drug-likeness (QED) is 0.550. The third kappa shape index (κ3) is 4.16. The van der Waals surface area contributed by atoms with Crippen LogP contribution < -0.4 is 4.74 Å². The van der Waals surface area contributed by atoms with Gasteiger partial charge in [0.15, 0.2) is 0 Å². The van der Waals surface area contributed by atoms with Gasteiger partial charge in [-0.15, -0.1) is 11.8 Å². The zero-order valence-electron chi connectivity index (χ0n) is 14.1. The molecule has 26 heavy (non-hydrogen) atoms. The molecule has 6 nitrogen and oxygen atoms in total. The number of carbonyl (C=O) groups excluding carboxylic acids is 2. The van der Waals surface area contributed by atoms with Crippen molar-refractivity contribution in [2.45, 2.75) is 18.3 Å². The number of thioether (sulfide) groups is 1. The van der Waals surface area contributed by atoms with Gasteiger partial charge in [-0.2, -0.15) is 0 Å². The summed E-state index contributed by atoms with van der Waals surface area (Å²) in [5, 5.41) is 0.175. The number of ether oxygens (including phenoxy) is 2. The van der Waals surface area contributed by atoms with Crippen LogP contribution in [0.25, 0.3) is 0 Å². The molecule has 1 aliphatic heterocycles. The number of hydrogen-bond donors (Lipinski definition) is 0. The van der Waals surface area contributed by atoms with Crippen molar-refractivity contribution in [2.24, 2.45) is 0 Å². The minimum atomic E-state index is -0.645. The van der Waals surface area contributed by atoms with Crippen LogP contribution in [0, 0.1) is 0 Å². The molecular formula is C18H18ClNO5S. The zero-order valence-corrected chi connectivity index (χ0v) is 15.7. The summed E-state index contributed by atoms with van der Waals surface area (Å²) in [6, 6.07) is 9.97. The molecular weight excluding hydrogens is 378 g/mol. The SMILES string of the molecule is CC(=O)N1[C@@H](C(=O)OCCOc2ccccc2Cl)CS[C@@H]1c1ccco1. The number of rotatable bonds is 6. The molecule has 0 spiro atoms. The van der Waals surface area contributed by atoms with E-state index in [0.717, 1.165) is 0 Å². The van der Waals surface area contributed by atoms with E-state index in [4.69, 9.17) is 25.5 Å². The Morgan fingerprint density at radius 3 is 2.77 bits per heavy atom. The second-order valence-corrected chi connectivity index (χ2v) is 7.11. The van der Waals surface area contributed by atoms with Crippen molar-refractivity contribution in [2.75, 3.05) is 19.0 Å². The predicted molar refractivity (Wildman–Crippen MR) is 98.1 cm³/mol. The van der Waals surface area contributed by atoms with E-state index in [9.17, 15) is 9.59 Å². The molecule has 1 aromatic carbocycles. The van der Waals surface area contributed by atoms with E-state index in [2.05, 4.69) is 0 Å². The topological polar surface area (TPSA) is 69.0 Å². The fourth-order valence-electron chi connectivity index (χ4n) is 2.68. The number of halogens is 1. The van der Waals surface area contributed by atoms with E-state index < -0.39 is 12.0 Å². The Morgan fingerprint density at radius 1 is 1.27 bits per heavy atom. The molecule has 0 bridgehead atoms. The Morgan fingerprint density at radius 2 is 2.08 bits per heavy atom. The van der Waals surface area contributed by atoms with Crippen LogP contribution in [0.1, 0.15) is 18.1 Å². The van der Waals surface area contributed by atoms with E-state index in [1.165, 1.54) is 23.6 Å². The summed E-state index contributed by atoms with van der Waals surface area (Å²) >= 11 is 7.47. The summed E-state index contributed by atoms with van der Waals surface area (Å²) in [7, 11) is 0. The minimum absolute atomic E-state index is 0.0718. The van der Waals surface area contributed by atoms with E-state index in [1.54, 1.807) is 36.6 Å². The number of furan rings is 1. The van der Waals surface area contributed by atoms with Crippen LogP contribution in [0.15, 0.2) is 47.1 Å². The highest BCUT2D eigenvalue weighted by atomic mass is 35.5. The molecule has 0 unspecified atom stereocenters. The van der Waals surface area contributed by atoms with Gasteiger partial charge in [0.25, 0.3) is 0 Å². The lowest BCUT2D eigenvalue weighted by Gasteiger charge is -2.25. The third-order valence-corrected chi connectivity index (χ3v) is 5.44. The van der Waals surface area contributed by atoms with Crippen LogP contribution >= 0.6 is 23.4 Å². The first-order valence-corrected chi connectivity index (χ1v) is 9.48. The van der Waals surface area contributed by atoms with Gasteiger partial charge >= 0.3 is 5.97 Å². The Labute approximate surface area is 160 Å². The van der Waals surface area contributed by atoms with Crippen molar-refractivity contribution in [1.82, 2.24) is 4.90 Å². The summed E-state index contributed by atoms with van der Waals surface area (Å²) < 4.78 is 16.2. The molecule has 0 radical (unpaired) electrons. The second-order valence-electron chi connectivity index (χ2n) is 5.59. The Kier molecular flexibility index (Phi) is 6.11. The van der Waals surface area contributed by atoms with Gasteiger partial charge in [-0.05, 0) is 24.3 Å². The number of nitrogens with zero attached hydrogens (tertiary/aromatic N) is 1. The summed E-state index contributed by atoms with van der Waals surface area (Å²) in [4.78, 5) is 26.0. The number of esters is 1. The first kappa shape index (κ1) is 18.7. The molecule has 2 atom stereocenters. The lowest BCUT2D eigenvalue weighted by molar-refractivity contribution is -0.154. The molecule has 3 rings (SSSR count). The van der Waals surface area contributed by atoms with Gasteiger partial charge in [-0.3, -0.25) is 4.79 Å². The van der Waals surface area contributed by atoms with E-state index in [1.807, 2.05) is 6.07 Å². The summed E-state index contributed by atoms with van der Waals surface area (Å²) in [5.41, 5.74) is 0. The number of amides is 1. The summed E-state index contributed by atoms with van der Waals surface area (Å²) in [5.74, 6) is 0.970. The molecule has 1 aromatic heterocycles. The predicted octanol–water partition coefficient (Wildman–Crippen LogP) is 3.52. The first-order chi connectivity index (χ1) is 12.6.